The van der Waals surface area contributed by atoms with E-state index in [1.165, 1.54) is 0 Å². The van der Waals surface area contributed by atoms with Crippen LogP contribution in [0.2, 0.25) is 0 Å². The molecule has 96 valence electrons. The summed E-state index contributed by atoms with van der Waals surface area (Å²) in [5.41, 5.74) is 0. The third-order valence-corrected chi connectivity index (χ3v) is 2.21. The summed E-state index contributed by atoms with van der Waals surface area (Å²) < 4.78 is 5.47. The molecule has 0 radical (unpaired) electrons. The van der Waals surface area contributed by atoms with E-state index >= 15 is 0 Å². The summed E-state index contributed by atoms with van der Waals surface area (Å²) >= 11 is 0. The standard InChI is InChI=1S/C12H22N4O/c1-10(2)17-9-5-4-7-14-11-6-8-15-12(13-3)16-11/h6,8,10H,4-5,7,9H2,1-3H3,(H2,13,14,15,16). The van der Waals surface area contributed by atoms with E-state index in [1.807, 2.05) is 13.1 Å². The maximum atomic E-state index is 5.47. The molecular formula is C12H22N4O. The summed E-state index contributed by atoms with van der Waals surface area (Å²) in [4.78, 5) is 8.33. The zero-order valence-corrected chi connectivity index (χ0v) is 10.9. The molecule has 0 aliphatic carbocycles. The number of hydrogen-bond acceptors (Lipinski definition) is 5. The van der Waals surface area contributed by atoms with E-state index in [-0.39, 0.29) is 0 Å². The van der Waals surface area contributed by atoms with Crippen LogP contribution in [0, 0.1) is 0 Å². The molecule has 0 fully saturated rings. The summed E-state index contributed by atoms with van der Waals surface area (Å²) in [6, 6.07) is 1.87. The number of ether oxygens (including phenoxy) is 1. The second kappa shape index (κ2) is 7.84. The maximum Gasteiger partial charge on any atom is 0.224 e. The second-order valence-electron chi connectivity index (χ2n) is 4.07. The van der Waals surface area contributed by atoms with Crippen LogP contribution in [0.15, 0.2) is 12.3 Å². The topological polar surface area (TPSA) is 59.1 Å². The molecule has 0 saturated carbocycles. The Bertz CT molecular complexity index is 317. The van der Waals surface area contributed by atoms with Gasteiger partial charge < -0.3 is 15.4 Å². The van der Waals surface area contributed by atoms with Gasteiger partial charge in [-0.1, -0.05) is 0 Å². The molecule has 0 bridgehead atoms. The minimum absolute atomic E-state index is 0.322. The average Bonchev–Trinajstić information content (AvgIpc) is 2.33. The molecule has 0 amide bonds. The fourth-order valence-corrected chi connectivity index (χ4v) is 1.34. The van der Waals surface area contributed by atoms with Gasteiger partial charge in [-0.3, -0.25) is 0 Å². The Kier molecular flexibility index (Phi) is 6.32. The summed E-state index contributed by atoms with van der Waals surface area (Å²) in [6.45, 7) is 5.84. The molecule has 0 aromatic carbocycles. The Morgan fingerprint density at radius 2 is 2.18 bits per heavy atom. The van der Waals surface area contributed by atoms with Crippen LogP contribution < -0.4 is 10.6 Å². The number of unbranched alkanes of at least 4 members (excludes halogenated alkanes) is 1. The first-order valence-corrected chi connectivity index (χ1v) is 6.08. The third-order valence-electron chi connectivity index (χ3n) is 2.21. The summed E-state index contributed by atoms with van der Waals surface area (Å²) in [5.74, 6) is 1.49. The van der Waals surface area contributed by atoms with Crippen molar-refractivity contribution >= 4 is 11.8 Å². The van der Waals surface area contributed by atoms with Crippen LogP contribution in [-0.2, 0) is 4.74 Å². The predicted octanol–water partition coefficient (Wildman–Crippen LogP) is 2.14. The Morgan fingerprint density at radius 3 is 2.88 bits per heavy atom. The van der Waals surface area contributed by atoms with Crippen molar-refractivity contribution in [1.82, 2.24) is 9.97 Å². The minimum atomic E-state index is 0.322. The lowest BCUT2D eigenvalue weighted by molar-refractivity contribution is 0.0765. The Morgan fingerprint density at radius 1 is 1.35 bits per heavy atom. The molecule has 0 saturated heterocycles. The van der Waals surface area contributed by atoms with Gasteiger partial charge in [-0.05, 0) is 32.8 Å². The van der Waals surface area contributed by atoms with Gasteiger partial charge in [0.1, 0.15) is 5.82 Å². The normalized spacial score (nSPS) is 10.6. The lowest BCUT2D eigenvalue weighted by Crippen LogP contribution is -2.08. The van der Waals surface area contributed by atoms with Crippen molar-refractivity contribution in [1.29, 1.82) is 0 Å². The van der Waals surface area contributed by atoms with Crippen molar-refractivity contribution in [3.63, 3.8) is 0 Å². The van der Waals surface area contributed by atoms with Gasteiger partial charge in [-0.15, -0.1) is 0 Å². The van der Waals surface area contributed by atoms with E-state index in [0.29, 0.717) is 12.1 Å². The van der Waals surface area contributed by atoms with Gasteiger partial charge in [0.25, 0.3) is 0 Å². The quantitative estimate of drug-likeness (QED) is 0.679. The van der Waals surface area contributed by atoms with Gasteiger partial charge in [0, 0.05) is 26.4 Å². The van der Waals surface area contributed by atoms with Gasteiger partial charge in [-0.25, -0.2) is 4.98 Å². The molecule has 1 rings (SSSR count). The van der Waals surface area contributed by atoms with Crippen LogP contribution in [-0.4, -0.2) is 36.3 Å². The molecule has 0 aliphatic rings. The molecule has 1 aromatic heterocycles. The lowest BCUT2D eigenvalue weighted by atomic mass is 10.3. The van der Waals surface area contributed by atoms with E-state index < -0.39 is 0 Å². The van der Waals surface area contributed by atoms with Gasteiger partial charge in [0.15, 0.2) is 0 Å². The Hall–Kier alpha value is -1.36. The monoisotopic (exact) mass is 238 g/mol. The summed E-state index contributed by atoms with van der Waals surface area (Å²) in [7, 11) is 1.81. The van der Waals surface area contributed by atoms with Gasteiger partial charge in [0.2, 0.25) is 5.95 Å². The Labute approximate surface area is 103 Å². The molecule has 5 nitrogen and oxygen atoms in total. The van der Waals surface area contributed by atoms with E-state index in [9.17, 15) is 0 Å². The van der Waals surface area contributed by atoms with Crippen LogP contribution in [0.1, 0.15) is 26.7 Å². The van der Waals surface area contributed by atoms with Crippen molar-refractivity contribution in [3.05, 3.63) is 12.3 Å². The molecule has 0 spiro atoms. The first kappa shape index (κ1) is 13.7. The minimum Gasteiger partial charge on any atom is -0.379 e. The molecule has 2 N–H and O–H groups in total. The maximum absolute atomic E-state index is 5.47. The highest BCUT2D eigenvalue weighted by atomic mass is 16.5. The van der Waals surface area contributed by atoms with Gasteiger partial charge >= 0.3 is 0 Å². The van der Waals surface area contributed by atoms with Crippen molar-refractivity contribution in [2.75, 3.05) is 30.8 Å². The summed E-state index contributed by atoms with van der Waals surface area (Å²) in [5, 5.41) is 6.17. The van der Waals surface area contributed by atoms with Crippen molar-refractivity contribution in [3.8, 4) is 0 Å². The molecule has 0 aliphatic heterocycles. The first-order chi connectivity index (χ1) is 8.22. The largest absolute Gasteiger partial charge is 0.379 e. The van der Waals surface area contributed by atoms with Crippen LogP contribution in [0.3, 0.4) is 0 Å². The molecule has 1 heterocycles. The van der Waals surface area contributed by atoms with Crippen molar-refractivity contribution in [2.45, 2.75) is 32.8 Å². The van der Waals surface area contributed by atoms with Crippen LogP contribution in [0.5, 0.6) is 0 Å². The number of nitrogens with one attached hydrogen (secondary N) is 2. The van der Waals surface area contributed by atoms with Gasteiger partial charge in [0.05, 0.1) is 6.10 Å². The highest BCUT2D eigenvalue weighted by Crippen LogP contribution is 2.05. The third kappa shape index (κ3) is 6.06. The van der Waals surface area contributed by atoms with Crippen LogP contribution in [0.4, 0.5) is 11.8 Å². The second-order valence-corrected chi connectivity index (χ2v) is 4.07. The number of aromatic nitrogens is 2. The number of rotatable bonds is 8. The van der Waals surface area contributed by atoms with E-state index in [2.05, 4.69) is 34.4 Å². The molecule has 5 heteroatoms. The smallest absolute Gasteiger partial charge is 0.224 e. The fraction of sp³-hybridized carbons (Fsp3) is 0.667. The fourth-order valence-electron chi connectivity index (χ4n) is 1.34. The van der Waals surface area contributed by atoms with E-state index in [4.69, 9.17) is 4.74 Å². The SMILES string of the molecule is CNc1nccc(NCCCCOC(C)C)n1. The highest BCUT2D eigenvalue weighted by Gasteiger charge is 1.97. The number of hydrogen-bond donors (Lipinski definition) is 2. The zero-order chi connectivity index (χ0) is 12.5. The predicted molar refractivity (Wildman–Crippen MR) is 70.4 cm³/mol. The number of anilines is 2. The van der Waals surface area contributed by atoms with E-state index in [1.54, 1.807) is 6.20 Å². The average molecular weight is 238 g/mol. The first-order valence-electron chi connectivity index (χ1n) is 6.08. The lowest BCUT2D eigenvalue weighted by Gasteiger charge is -2.08. The number of nitrogens with zero attached hydrogens (tertiary/aromatic N) is 2. The van der Waals surface area contributed by atoms with Crippen LogP contribution >= 0.6 is 0 Å². The Balaban J connectivity index is 2.13. The molecule has 17 heavy (non-hydrogen) atoms. The summed E-state index contributed by atoms with van der Waals surface area (Å²) in [6.07, 6.45) is 4.20. The van der Waals surface area contributed by atoms with Crippen LogP contribution in [0.25, 0.3) is 0 Å². The van der Waals surface area contributed by atoms with Crippen molar-refractivity contribution in [2.24, 2.45) is 0 Å². The molecular weight excluding hydrogens is 216 g/mol. The molecule has 0 atom stereocenters. The van der Waals surface area contributed by atoms with Gasteiger partial charge in [-0.2, -0.15) is 4.98 Å². The highest BCUT2D eigenvalue weighted by molar-refractivity contribution is 5.38. The molecule has 0 unspecified atom stereocenters. The van der Waals surface area contributed by atoms with Crippen molar-refractivity contribution < 1.29 is 4.74 Å². The zero-order valence-electron chi connectivity index (χ0n) is 10.9. The molecule has 1 aromatic rings. The van der Waals surface area contributed by atoms with E-state index in [0.717, 1.165) is 31.8 Å².